The molecule has 0 aromatic heterocycles. The van der Waals surface area contributed by atoms with Gasteiger partial charge in [-0.3, -0.25) is 10.2 Å². The Hall–Kier alpha value is -0.570. The van der Waals surface area contributed by atoms with Gasteiger partial charge >= 0.3 is 0 Å². The van der Waals surface area contributed by atoms with Crippen LogP contribution in [0.25, 0.3) is 0 Å². The molecule has 0 saturated heterocycles. The Labute approximate surface area is 54.8 Å². The highest BCUT2D eigenvalue weighted by atomic mass is 16.2. The van der Waals surface area contributed by atoms with Crippen LogP contribution in [-0.4, -0.2) is 13.0 Å². The van der Waals surface area contributed by atoms with E-state index in [4.69, 9.17) is 0 Å². The van der Waals surface area contributed by atoms with Crippen LogP contribution in [0.4, 0.5) is 0 Å². The van der Waals surface area contributed by atoms with Crippen molar-refractivity contribution >= 4 is 5.91 Å². The summed E-state index contributed by atoms with van der Waals surface area (Å²) in [4.78, 5) is 10.9. The summed E-state index contributed by atoms with van der Waals surface area (Å²) in [6.07, 6.45) is 3.34. The minimum absolute atomic E-state index is 0.142. The van der Waals surface area contributed by atoms with E-state index in [1.807, 2.05) is 0 Å². The minimum atomic E-state index is 0.142. The van der Waals surface area contributed by atoms with Crippen LogP contribution < -0.4 is 10.9 Å². The van der Waals surface area contributed by atoms with Crippen molar-refractivity contribution in [1.82, 2.24) is 10.9 Å². The quantitative estimate of drug-likeness (QED) is 0.515. The first-order chi connectivity index (χ1) is 4.34. The number of hydrazine groups is 1. The van der Waals surface area contributed by atoms with Gasteiger partial charge in [-0.1, -0.05) is 6.42 Å². The molecule has 2 N–H and O–H groups in total. The van der Waals surface area contributed by atoms with Crippen LogP contribution in [0, 0.1) is 5.92 Å². The van der Waals surface area contributed by atoms with Crippen LogP contribution in [0.2, 0.25) is 0 Å². The van der Waals surface area contributed by atoms with Crippen LogP contribution in [0.1, 0.15) is 19.3 Å². The first kappa shape index (κ1) is 6.55. The monoisotopic (exact) mass is 128 g/mol. The number of carbonyl (C=O) groups is 1. The fourth-order valence-corrected chi connectivity index (χ4v) is 0.896. The average molecular weight is 128 g/mol. The second-order valence-corrected chi connectivity index (χ2v) is 2.37. The molecule has 0 aromatic rings. The van der Waals surface area contributed by atoms with Gasteiger partial charge in [-0.2, -0.15) is 0 Å². The Bertz CT molecular complexity index is 110. The summed E-state index contributed by atoms with van der Waals surface area (Å²) < 4.78 is 0. The Kier molecular flexibility index (Phi) is 2.05. The van der Waals surface area contributed by atoms with Crippen LogP contribution in [0.5, 0.6) is 0 Å². The van der Waals surface area contributed by atoms with Crippen molar-refractivity contribution < 1.29 is 4.79 Å². The molecule has 0 heterocycles. The van der Waals surface area contributed by atoms with E-state index in [2.05, 4.69) is 10.9 Å². The normalized spacial score (nSPS) is 18.8. The Morgan fingerprint density at radius 1 is 1.56 bits per heavy atom. The summed E-state index contributed by atoms with van der Waals surface area (Å²) in [6, 6.07) is 0. The van der Waals surface area contributed by atoms with Crippen LogP contribution in [0.15, 0.2) is 0 Å². The number of rotatable bonds is 2. The Morgan fingerprint density at radius 3 is 2.56 bits per heavy atom. The molecule has 9 heavy (non-hydrogen) atoms. The van der Waals surface area contributed by atoms with Crippen molar-refractivity contribution in [2.75, 3.05) is 7.05 Å². The maximum absolute atomic E-state index is 10.9. The van der Waals surface area contributed by atoms with Gasteiger partial charge in [0, 0.05) is 13.0 Å². The second-order valence-electron chi connectivity index (χ2n) is 2.37. The van der Waals surface area contributed by atoms with Crippen molar-refractivity contribution in [2.45, 2.75) is 19.3 Å². The van der Waals surface area contributed by atoms with Crippen molar-refractivity contribution in [3.8, 4) is 0 Å². The number of hydrogen-bond donors (Lipinski definition) is 2. The van der Waals surface area contributed by atoms with E-state index in [1.54, 1.807) is 7.05 Å². The summed E-state index contributed by atoms with van der Waals surface area (Å²) in [5.74, 6) is 0.432. The number of amides is 1. The lowest BCUT2D eigenvalue weighted by Gasteiger charge is -2.23. The molecule has 3 heteroatoms. The van der Waals surface area contributed by atoms with Gasteiger partial charge in [0.15, 0.2) is 0 Å². The molecule has 52 valence electrons. The summed E-state index contributed by atoms with van der Waals surface area (Å²) in [5, 5.41) is 0. The zero-order chi connectivity index (χ0) is 6.69. The highest BCUT2D eigenvalue weighted by Crippen LogP contribution is 2.25. The van der Waals surface area contributed by atoms with Crippen molar-refractivity contribution in [3.05, 3.63) is 0 Å². The van der Waals surface area contributed by atoms with Gasteiger partial charge in [0.05, 0.1) is 0 Å². The van der Waals surface area contributed by atoms with Crippen LogP contribution in [-0.2, 0) is 4.79 Å². The maximum atomic E-state index is 10.9. The molecule has 0 aliphatic heterocycles. The topological polar surface area (TPSA) is 41.1 Å². The maximum Gasteiger partial charge on any atom is 0.237 e. The Balaban J connectivity index is 2.16. The van der Waals surface area contributed by atoms with Crippen molar-refractivity contribution in [2.24, 2.45) is 5.92 Å². The van der Waals surface area contributed by atoms with Gasteiger partial charge in [-0.15, -0.1) is 0 Å². The largest absolute Gasteiger partial charge is 0.292 e. The fourth-order valence-electron chi connectivity index (χ4n) is 0.896. The molecule has 1 saturated carbocycles. The highest BCUT2D eigenvalue weighted by Gasteiger charge is 2.24. The molecule has 1 rings (SSSR count). The molecular weight excluding hydrogens is 116 g/mol. The number of carbonyl (C=O) groups excluding carboxylic acids is 1. The van der Waals surface area contributed by atoms with Gasteiger partial charge < -0.3 is 0 Å². The standard InChI is InChI=1S/C6H12N2O/c1-7-8-6(9)5-3-2-4-5/h5,7H,2-4H2,1H3,(H,8,9). The predicted octanol–water partition coefficient (Wildman–Crippen LogP) is 0.0371. The molecule has 1 fully saturated rings. The van der Waals surface area contributed by atoms with Crippen molar-refractivity contribution in [3.63, 3.8) is 0 Å². The molecule has 0 aromatic carbocycles. The number of nitrogens with one attached hydrogen (secondary N) is 2. The van der Waals surface area contributed by atoms with Gasteiger partial charge in [-0.25, -0.2) is 5.43 Å². The van der Waals surface area contributed by atoms with E-state index in [-0.39, 0.29) is 11.8 Å². The van der Waals surface area contributed by atoms with Gasteiger partial charge in [0.1, 0.15) is 0 Å². The predicted molar refractivity (Wildman–Crippen MR) is 34.5 cm³/mol. The minimum Gasteiger partial charge on any atom is -0.292 e. The lowest BCUT2D eigenvalue weighted by Crippen LogP contribution is -2.41. The summed E-state index contributed by atoms with van der Waals surface area (Å²) in [6.45, 7) is 0. The van der Waals surface area contributed by atoms with E-state index >= 15 is 0 Å². The van der Waals surface area contributed by atoms with Crippen molar-refractivity contribution in [1.29, 1.82) is 0 Å². The van der Waals surface area contributed by atoms with E-state index in [0.717, 1.165) is 12.8 Å². The van der Waals surface area contributed by atoms with Crippen LogP contribution in [0.3, 0.4) is 0 Å². The summed E-state index contributed by atoms with van der Waals surface area (Å²) in [5.41, 5.74) is 5.18. The molecule has 0 unspecified atom stereocenters. The third kappa shape index (κ3) is 1.42. The third-order valence-corrected chi connectivity index (χ3v) is 1.72. The second kappa shape index (κ2) is 2.82. The lowest BCUT2D eigenvalue weighted by molar-refractivity contribution is -0.128. The SMILES string of the molecule is CNNC(=O)C1CCC1. The molecule has 1 aliphatic rings. The lowest BCUT2D eigenvalue weighted by atomic mass is 9.85. The van der Waals surface area contributed by atoms with Gasteiger partial charge in [0.25, 0.3) is 0 Å². The smallest absolute Gasteiger partial charge is 0.237 e. The summed E-state index contributed by atoms with van der Waals surface area (Å²) in [7, 11) is 1.70. The third-order valence-electron chi connectivity index (χ3n) is 1.72. The molecular formula is C6H12N2O. The summed E-state index contributed by atoms with van der Waals surface area (Å²) >= 11 is 0. The fraction of sp³-hybridized carbons (Fsp3) is 0.833. The zero-order valence-electron chi connectivity index (χ0n) is 5.61. The van der Waals surface area contributed by atoms with E-state index in [1.165, 1.54) is 6.42 Å². The Morgan fingerprint density at radius 2 is 2.22 bits per heavy atom. The number of hydrogen-bond acceptors (Lipinski definition) is 2. The highest BCUT2D eigenvalue weighted by molar-refractivity contribution is 5.78. The molecule has 1 aliphatic carbocycles. The molecule has 0 atom stereocenters. The van der Waals surface area contributed by atoms with E-state index < -0.39 is 0 Å². The van der Waals surface area contributed by atoms with Gasteiger partial charge in [-0.05, 0) is 12.8 Å². The van der Waals surface area contributed by atoms with Crippen LogP contribution >= 0.6 is 0 Å². The molecule has 0 bridgehead atoms. The molecule has 1 amide bonds. The van der Waals surface area contributed by atoms with E-state index in [9.17, 15) is 4.79 Å². The molecule has 3 nitrogen and oxygen atoms in total. The first-order valence-corrected chi connectivity index (χ1v) is 3.31. The first-order valence-electron chi connectivity index (χ1n) is 3.31. The average Bonchev–Trinajstić information content (AvgIpc) is 1.60. The molecule has 0 spiro atoms. The molecule has 0 radical (unpaired) electrons. The van der Waals surface area contributed by atoms with Gasteiger partial charge in [0.2, 0.25) is 5.91 Å². The van der Waals surface area contributed by atoms with E-state index in [0.29, 0.717) is 0 Å². The zero-order valence-corrected chi connectivity index (χ0v) is 5.61.